The molecule has 35 heavy (non-hydrogen) atoms. The fourth-order valence-electron chi connectivity index (χ4n) is 3.96. The van der Waals surface area contributed by atoms with E-state index in [-0.39, 0.29) is 31.6 Å². The molecule has 1 atom stereocenters. The van der Waals surface area contributed by atoms with E-state index in [1.807, 2.05) is 57.2 Å². The van der Waals surface area contributed by atoms with Crippen LogP contribution in [0.3, 0.4) is 0 Å². The van der Waals surface area contributed by atoms with E-state index in [4.69, 9.17) is 9.47 Å². The van der Waals surface area contributed by atoms with Crippen LogP contribution < -0.4 is 0 Å². The number of nitrogens with zero attached hydrogens (tertiary/aromatic N) is 1. The SMILES string of the molecule is C=C/C(C(=O)OCc1ccc(CC(=O)N2C(=O)OC[C@H]2Cc2ccccc2)cc1)=C(/C)C=C(C)C. The van der Waals surface area contributed by atoms with Crippen molar-refractivity contribution in [3.05, 3.63) is 107 Å². The van der Waals surface area contributed by atoms with Gasteiger partial charge in [0, 0.05) is 0 Å². The topological polar surface area (TPSA) is 72.9 Å². The van der Waals surface area contributed by atoms with Gasteiger partial charge in [-0.1, -0.05) is 78.9 Å². The third kappa shape index (κ3) is 7.03. The molecule has 3 rings (SSSR count). The van der Waals surface area contributed by atoms with Crippen molar-refractivity contribution in [1.29, 1.82) is 0 Å². The molecule has 0 spiro atoms. The molecule has 0 aliphatic carbocycles. The van der Waals surface area contributed by atoms with Gasteiger partial charge in [0.1, 0.15) is 13.2 Å². The largest absolute Gasteiger partial charge is 0.457 e. The van der Waals surface area contributed by atoms with E-state index in [1.54, 1.807) is 24.3 Å². The van der Waals surface area contributed by atoms with Gasteiger partial charge >= 0.3 is 12.1 Å². The van der Waals surface area contributed by atoms with Gasteiger partial charge in [-0.25, -0.2) is 14.5 Å². The van der Waals surface area contributed by atoms with Crippen molar-refractivity contribution in [3.8, 4) is 0 Å². The van der Waals surface area contributed by atoms with Crippen LogP contribution in [0.1, 0.15) is 37.5 Å². The first-order chi connectivity index (χ1) is 16.8. The summed E-state index contributed by atoms with van der Waals surface area (Å²) in [6.45, 7) is 9.77. The molecule has 1 saturated heterocycles. The quantitative estimate of drug-likeness (QED) is 0.280. The van der Waals surface area contributed by atoms with E-state index in [2.05, 4.69) is 6.58 Å². The molecular weight excluding hydrogens is 442 g/mol. The van der Waals surface area contributed by atoms with E-state index in [0.717, 1.165) is 27.8 Å². The Kier molecular flexibility index (Phi) is 8.79. The average Bonchev–Trinajstić information content (AvgIpc) is 3.19. The molecule has 2 aromatic rings. The van der Waals surface area contributed by atoms with Gasteiger partial charge in [-0.15, -0.1) is 0 Å². The predicted molar refractivity (Wildman–Crippen MR) is 134 cm³/mol. The number of esters is 1. The normalized spacial score (nSPS) is 15.7. The lowest BCUT2D eigenvalue weighted by atomic mass is 10.0. The second kappa shape index (κ2) is 12.0. The highest BCUT2D eigenvalue weighted by molar-refractivity contribution is 5.94. The number of carbonyl (C=O) groups excluding carboxylic acids is 3. The summed E-state index contributed by atoms with van der Waals surface area (Å²) in [6, 6.07) is 16.6. The molecule has 6 heteroatoms. The number of ether oxygens (including phenoxy) is 2. The van der Waals surface area contributed by atoms with Crippen LogP contribution >= 0.6 is 0 Å². The van der Waals surface area contributed by atoms with Gasteiger partial charge in [-0.2, -0.15) is 0 Å². The smallest absolute Gasteiger partial charge is 0.416 e. The van der Waals surface area contributed by atoms with Gasteiger partial charge in [-0.3, -0.25) is 4.79 Å². The lowest BCUT2D eigenvalue weighted by Gasteiger charge is -2.19. The third-order valence-corrected chi connectivity index (χ3v) is 5.65. The molecule has 2 amide bonds. The molecule has 1 fully saturated rings. The molecule has 0 aromatic heterocycles. The molecule has 1 heterocycles. The molecule has 6 nitrogen and oxygen atoms in total. The number of benzene rings is 2. The summed E-state index contributed by atoms with van der Waals surface area (Å²) in [6.07, 6.45) is 3.43. The monoisotopic (exact) mass is 473 g/mol. The van der Waals surface area contributed by atoms with E-state index >= 15 is 0 Å². The Bertz CT molecular complexity index is 1140. The molecule has 1 aliphatic heterocycles. The number of amides is 2. The molecule has 182 valence electrons. The summed E-state index contributed by atoms with van der Waals surface area (Å²) in [5, 5.41) is 0. The molecule has 0 N–H and O–H groups in total. The standard InChI is InChI=1S/C29H31NO5/c1-5-26(21(4)15-20(2)3)28(32)34-18-24-13-11-23(12-14-24)17-27(31)30-25(19-35-29(30)33)16-22-9-7-6-8-10-22/h5-15,25H,1,16-19H2,2-4H3/b26-21+/t25-/m1/s1. The van der Waals surface area contributed by atoms with Crippen molar-refractivity contribution in [3.63, 3.8) is 0 Å². The summed E-state index contributed by atoms with van der Waals surface area (Å²) in [5.74, 6) is -0.741. The summed E-state index contributed by atoms with van der Waals surface area (Å²) in [4.78, 5) is 38.8. The highest BCUT2D eigenvalue weighted by Crippen LogP contribution is 2.19. The first-order valence-corrected chi connectivity index (χ1v) is 11.5. The minimum Gasteiger partial charge on any atom is -0.457 e. The van der Waals surface area contributed by atoms with Gasteiger partial charge in [0.2, 0.25) is 5.91 Å². The van der Waals surface area contributed by atoms with E-state index in [0.29, 0.717) is 12.0 Å². The van der Waals surface area contributed by atoms with Crippen LogP contribution in [0.4, 0.5) is 4.79 Å². The summed E-state index contributed by atoms with van der Waals surface area (Å²) < 4.78 is 10.6. The van der Waals surface area contributed by atoms with Crippen molar-refractivity contribution in [2.24, 2.45) is 0 Å². The fraction of sp³-hybridized carbons (Fsp3) is 0.276. The van der Waals surface area contributed by atoms with E-state index in [9.17, 15) is 14.4 Å². The molecular formula is C29H31NO5. The summed E-state index contributed by atoms with van der Waals surface area (Å²) in [7, 11) is 0. The highest BCUT2D eigenvalue weighted by atomic mass is 16.6. The maximum atomic E-state index is 12.9. The maximum absolute atomic E-state index is 12.9. The van der Waals surface area contributed by atoms with Gasteiger partial charge in [-0.05, 0) is 49.5 Å². The Morgan fingerprint density at radius 1 is 1.03 bits per heavy atom. The zero-order valence-corrected chi connectivity index (χ0v) is 20.5. The molecule has 1 aliphatic rings. The van der Waals surface area contributed by atoms with Crippen molar-refractivity contribution < 1.29 is 23.9 Å². The van der Waals surface area contributed by atoms with Gasteiger partial charge < -0.3 is 9.47 Å². The van der Waals surface area contributed by atoms with Crippen LogP contribution in [-0.2, 0) is 38.5 Å². The Morgan fingerprint density at radius 2 is 1.69 bits per heavy atom. The highest BCUT2D eigenvalue weighted by Gasteiger charge is 2.37. The zero-order chi connectivity index (χ0) is 25.4. The van der Waals surface area contributed by atoms with Crippen LogP contribution in [0.5, 0.6) is 0 Å². The number of carbonyl (C=O) groups is 3. The van der Waals surface area contributed by atoms with Crippen LogP contribution in [0.15, 0.2) is 90.0 Å². The van der Waals surface area contributed by atoms with E-state index < -0.39 is 12.1 Å². The van der Waals surface area contributed by atoms with Crippen LogP contribution in [0, 0.1) is 0 Å². The Balaban J connectivity index is 1.59. The number of allylic oxidation sites excluding steroid dienone is 3. The number of rotatable bonds is 9. The second-order valence-corrected chi connectivity index (χ2v) is 8.78. The van der Waals surface area contributed by atoms with Crippen LogP contribution in [-0.4, -0.2) is 35.5 Å². The molecule has 0 saturated carbocycles. The summed E-state index contributed by atoms with van der Waals surface area (Å²) in [5.41, 5.74) is 4.89. The van der Waals surface area contributed by atoms with Crippen molar-refractivity contribution in [1.82, 2.24) is 4.90 Å². The van der Waals surface area contributed by atoms with Crippen molar-refractivity contribution >= 4 is 18.0 Å². The van der Waals surface area contributed by atoms with Gasteiger partial charge in [0.05, 0.1) is 18.0 Å². The zero-order valence-electron chi connectivity index (χ0n) is 20.5. The first kappa shape index (κ1) is 25.7. The third-order valence-electron chi connectivity index (χ3n) is 5.65. The molecule has 2 aromatic carbocycles. The second-order valence-electron chi connectivity index (χ2n) is 8.78. The first-order valence-electron chi connectivity index (χ1n) is 11.5. The van der Waals surface area contributed by atoms with Crippen LogP contribution in [0.2, 0.25) is 0 Å². The number of cyclic esters (lactones) is 1. The number of hydrogen-bond acceptors (Lipinski definition) is 5. The lowest BCUT2D eigenvalue weighted by Crippen LogP contribution is -2.41. The number of imide groups is 1. The Labute approximate surface area is 206 Å². The maximum Gasteiger partial charge on any atom is 0.416 e. The predicted octanol–water partition coefficient (Wildman–Crippen LogP) is 5.33. The Morgan fingerprint density at radius 3 is 2.31 bits per heavy atom. The van der Waals surface area contributed by atoms with Crippen molar-refractivity contribution in [2.45, 2.75) is 46.3 Å². The molecule has 0 unspecified atom stereocenters. The minimum absolute atomic E-state index is 0.0751. The minimum atomic E-state index is -0.603. The lowest BCUT2D eigenvalue weighted by molar-refractivity contribution is -0.140. The van der Waals surface area contributed by atoms with Gasteiger partial charge in [0.15, 0.2) is 0 Å². The molecule has 0 bridgehead atoms. The summed E-state index contributed by atoms with van der Waals surface area (Å²) >= 11 is 0. The van der Waals surface area contributed by atoms with Gasteiger partial charge in [0.25, 0.3) is 0 Å². The average molecular weight is 474 g/mol. The molecule has 0 radical (unpaired) electrons. The van der Waals surface area contributed by atoms with Crippen LogP contribution in [0.25, 0.3) is 0 Å². The Hall–Kier alpha value is -3.93. The van der Waals surface area contributed by atoms with Crippen molar-refractivity contribution in [2.75, 3.05) is 6.61 Å². The van der Waals surface area contributed by atoms with E-state index in [1.165, 1.54) is 11.0 Å². The number of hydrogen-bond donors (Lipinski definition) is 0. The fourth-order valence-corrected chi connectivity index (χ4v) is 3.96.